The number of amides is 1. The summed E-state index contributed by atoms with van der Waals surface area (Å²) in [6, 6.07) is 3.59. The van der Waals surface area contributed by atoms with Crippen molar-refractivity contribution in [3.05, 3.63) is 35.3 Å². The van der Waals surface area contributed by atoms with Gasteiger partial charge < -0.3 is 19.3 Å². The van der Waals surface area contributed by atoms with Gasteiger partial charge in [0.1, 0.15) is 11.4 Å². The molecule has 0 aromatic carbocycles. The first-order valence-corrected chi connectivity index (χ1v) is 8.56. The second kappa shape index (κ2) is 6.95. The number of rotatable bonds is 5. The number of aliphatic carboxylic acids is 1. The first-order valence-electron chi connectivity index (χ1n) is 8.56. The number of carboxylic acids is 1. The van der Waals surface area contributed by atoms with Crippen molar-refractivity contribution >= 4 is 11.9 Å². The van der Waals surface area contributed by atoms with Crippen LogP contribution in [0.2, 0.25) is 0 Å². The molecule has 8 heteroatoms. The molecule has 140 valence electrons. The maximum Gasteiger partial charge on any atom is 0.305 e. The van der Waals surface area contributed by atoms with Gasteiger partial charge in [-0.15, -0.1) is 0 Å². The Balaban J connectivity index is 1.99. The van der Waals surface area contributed by atoms with Gasteiger partial charge in [-0.2, -0.15) is 5.10 Å². The Labute approximate surface area is 152 Å². The highest BCUT2D eigenvalue weighted by Crippen LogP contribution is 2.27. The van der Waals surface area contributed by atoms with Crippen LogP contribution in [0.15, 0.2) is 18.3 Å². The minimum atomic E-state index is -0.923. The summed E-state index contributed by atoms with van der Waals surface area (Å²) < 4.78 is 9.02. The molecule has 0 aliphatic carbocycles. The van der Waals surface area contributed by atoms with Crippen LogP contribution in [0, 0.1) is 13.8 Å². The fourth-order valence-electron chi connectivity index (χ4n) is 3.69. The van der Waals surface area contributed by atoms with Gasteiger partial charge in [-0.25, -0.2) is 0 Å². The Kier molecular flexibility index (Phi) is 4.86. The molecule has 1 saturated heterocycles. The van der Waals surface area contributed by atoms with Gasteiger partial charge in [-0.05, 0) is 32.4 Å². The van der Waals surface area contributed by atoms with Crippen LogP contribution < -0.4 is 0 Å². The van der Waals surface area contributed by atoms with Crippen LogP contribution in [0.25, 0.3) is 5.82 Å². The molecule has 2 aromatic heterocycles. The molecule has 0 radical (unpaired) electrons. The smallest absolute Gasteiger partial charge is 0.305 e. The lowest BCUT2D eigenvalue weighted by molar-refractivity contribution is -0.137. The molecule has 2 unspecified atom stereocenters. The highest BCUT2D eigenvalue weighted by atomic mass is 16.5. The second-order valence-corrected chi connectivity index (χ2v) is 6.76. The highest BCUT2D eigenvalue weighted by molar-refractivity contribution is 5.97. The van der Waals surface area contributed by atoms with Gasteiger partial charge in [0.25, 0.3) is 5.91 Å². The summed E-state index contributed by atoms with van der Waals surface area (Å²) in [6.07, 6.45) is 1.82. The molecule has 1 fully saturated rings. The third-order valence-electron chi connectivity index (χ3n) is 5.00. The van der Waals surface area contributed by atoms with Gasteiger partial charge in [-0.3, -0.25) is 14.3 Å². The van der Waals surface area contributed by atoms with Crippen LogP contribution in [-0.4, -0.2) is 62.0 Å². The van der Waals surface area contributed by atoms with Crippen LogP contribution in [0.5, 0.6) is 0 Å². The van der Waals surface area contributed by atoms with Gasteiger partial charge in [0.05, 0.1) is 18.7 Å². The van der Waals surface area contributed by atoms with Gasteiger partial charge >= 0.3 is 5.97 Å². The number of ether oxygens (including phenoxy) is 1. The molecule has 0 bridgehead atoms. The van der Waals surface area contributed by atoms with Crippen molar-refractivity contribution in [1.82, 2.24) is 19.2 Å². The molecule has 1 N–H and O–H groups in total. The van der Waals surface area contributed by atoms with E-state index in [1.807, 2.05) is 30.5 Å². The minimum Gasteiger partial charge on any atom is -0.481 e. The molecule has 0 spiro atoms. The zero-order chi connectivity index (χ0) is 19.0. The first-order chi connectivity index (χ1) is 12.3. The van der Waals surface area contributed by atoms with E-state index in [1.165, 1.54) is 0 Å². The molecule has 1 aliphatic rings. The monoisotopic (exact) mass is 360 g/mol. The predicted molar refractivity (Wildman–Crippen MR) is 94.5 cm³/mol. The molecule has 0 saturated carbocycles. The third kappa shape index (κ3) is 3.12. The fraction of sp³-hybridized carbons (Fsp3) is 0.500. The van der Waals surface area contributed by atoms with Gasteiger partial charge in [0.15, 0.2) is 0 Å². The number of aryl methyl sites for hydroxylation is 3. The highest BCUT2D eigenvalue weighted by Gasteiger charge is 2.38. The van der Waals surface area contributed by atoms with E-state index >= 15 is 0 Å². The van der Waals surface area contributed by atoms with E-state index in [0.717, 1.165) is 11.4 Å². The summed E-state index contributed by atoms with van der Waals surface area (Å²) in [5.41, 5.74) is 2.46. The number of carbonyl (C=O) groups excluding carboxylic acids is 1. The van der Waals surface area contributed by atoms with Crippen molar-refractivity contribution in [1.29, 1.82) is 0 Å². The van der Waals surface area contributed by atoms with Crippen molar-refractivity contribution in [3.63, 3.8) is 0 Å². The average molecular weight is 360 g/mol. The van der Waals surface area contributed by atoms with Crippen LogP contribution in [-0.2, 0) is 16.6 Å². The van der Waals surface area contributed by atoms with E-state index in [0.29, 0.717) is 24.3 Å². The summed E-state index contributed by atoms with van der Waals surface area (Å²) >= 11 is 0. The maximum absolute atomic E-state index is 13.3. The largest absolute Gasteiger partial charge is 0.481 e. The average Bonchev–Trinajstić information content (AvgIpc) is 3.25. The van der Waals surface area contributed by atoms with E-state index in [4.69, 9.17) is 4.74 Å². The first kappa shape index (κ1) is 18.2. The molecule has 3 rings (SSSR count). The Bertz CT molecular complexity index is 819. The summed E-state index contributed by atoms with van der Waals surface area (Å²) in [6.45, 7) is 4.32. The SMILES string of the molecule is COC1CC(CC(=O)O)N(C(=O)c2cnn(C)c2-n2c(C)ccc2C)C1. The maximum atomic E-state index is 13.3. The molecule has 1 amide bonds. The van der Waals surface area contributed by atoms with E-state index in [-0.39, 0.29) is 24.5 Å². The molecule has 26 heavy (non-hydrogen) atoms. The second-order valence-electron chi connectivity index (χ2n) is 6.76. The number of hydrogen-bond acceptors (Lipinski definition) is 4. The number of carboxylic acid groups (broad SMARTS) is 1. The molecule has 2 atom stereocenters. The number of likely N-dealkylation sites (tertiary alicyclic amines) is 1. The number of carbonyl (C=O) groups is 2. The van der Waals surface area contributed by atoms with Crippen LogP contribution in [0.3, 0.4) is 0 Å². The Hall–Kier alpha value is -2.61. The van der Waals surface area contributed by atoms with Crippen molar-refractivity contribution in [3.8, 4) is 5.82 Å². The zero-order valence-corrected chi connectivity index (χ0v) is 15.5. The quantitative estimate of drug-likeness (QED) is 0.873. The van der Waals surface area contributed by atoms with E-state index in [1.54, 1.807) is 29.9 Å². The van der Waals surface area contributed by atoms with Gasteiger partial charge in [0.2, 0.25) is 0 Å². The van der Waals surface area contributed by atoms with E-state index < -0.39 is 5.97 Å². The number of hydrogen-bond donors (Lipinski definition) is 1. The molecule has 3 heterocycles. The summed E-state index contributed by atoms with van der Waals surface area (Å²) in [5, 5.41) is 13.5. The Morgan fingerprint density at radius 1 is 1.31 bits per heavy atom. The lowest BCUT2D eigenvalue weighted by Crippen LogP contribution is -2.37. The topological polar surface area (TPSA) is 89.6 Å². The summed E-state index contributed by atoms with van der Waals surface area (Å²) in [4.78, 5) is 26.1. The van der Waals surface area contributed by atoms with Crippen molar-refractivity contribution in [2.75, 3.05) is 13.7 Å². The van der Waals surface area contributed by atoms with Crippen molar-refractivity contribution in [2.45, 2.75) is 38.8 Å². The zero-order valence-electron chi connectivity index (χ0n) is 15.5. The minimum absolute atomic E-state index is 0.0945. The van der Waals surface area contributed by atoms with Crippen molar-refractivity contribution < 1.29 is 19.4 Å². The van der Waals surface area contributed by atoms with Crippen molar-refractivity contribution in [2.24, 2.45) is 7.05 Å². The summed E-state index contributed by atoms with van der Waals surface area (Å²) in [7, 11) is 3.38. The normalized spacial score (nSPS) is 19.9. The molecular weight excluding hydrogens is 336 g/mol. The van der Waals surface area contributed by atoms with Gasteiger partial charge in [0, 0.05) is 38.1 Å². The Morgan fingerprint density at radius 2 is 1.96 bits per heavy atom. The van der Waals surface area contributed by atoms with Crippen LogP contribution in [0.1, 0.15) is 34.6 Å². The third-order valence-corrected chi connectivity index (χ3v) is 5.00. The predicted octanol–water partition coefficient (Wildman–Crippen LogP) is 1.53. The van der Waals surface area contributed by atoms with Gasteiger partial charge in [-0.1, -0.05) is 0 Å². The molecular formula is C18H24N4O4. The standard InChI is InChI=1S/C18H24N4O4/c1-11-5-6-12(2)22(11)17-15(9-19-20(17)3)18(25)21-10-14(26-4)7-13(21)8-16(23)24/h5-6,9,13-14H,7-8,10H2,1-4H3,(H,23,24). The van der Waals surface area contributed by atoms with Crippen LogP contribution in [0.4, 0.5) is 0 Å². The Morgan fingerprint density at radius 3 is 2.54 bits per heavy atom. The lowest BCUT2D eigenvalue weighted by atomic mass is 10.1. The van der Waals surface area contributed by atoms with E-state index in [2.05, 4.69) is 5.10 Å². The summed E-state index contributed by atoms with van der Waals surface area (Å²) in [5.74, 6) is -0.454. The number of aromatic nitrogens is 3. The number of nitrogens with zero attached hydrogens (tertiary/aromatic N) is 4. The van der Waals surface area contributed by atoms with Crippen LogP contribution >= 0.6 is 0 Å². The fourth-order valence-corrected chi connectivity index (χ4v) is 3.69. The number of methoxy groups -OCH3 is 1. The lowest BCUT2D eigenvalue weighted by Gasteiger charge is -2.23. The van der Waals surface area contributed by atoms with E-state index in [9.17, 15) is 14.7 Å². The molecule has 8 nitrogen and oxygen atoms in total. The molecule has 2 aromatic rings. The molecule has 1 aliphatic heterocycles.